The number of hydrogen-bond donors (Lipinski definition) is 1. The van der Waals surface area contributed by atoms with Crippen LogP contribution in [0, 0.1) is 0 Å². The van der Waals surface area contributed by atoms with Gasteiger partial charge in [-0.2, -0.15) is 4.52 Å². The van der Waals surface area contributed by atoms with E-state index in [1.807, 2.05) is 11.4 Å². The predicted molar refractivity (Wildman–Crippen MR) is 60.2 cm³/mol. The standard InChI is InChI=1S/C8H7N5S2/c9-7-12-13-6(10-11-8(13)15-7)4-5-2-1-3-14-5/h1-3H,4H2,(H2,9,12). The first kappa shape index (κ1) is 8.81. The summed E-state index contributed by atoms with van der Waals surface area (Å²) >= 11 is 3.04. The van der Waals surface area contributed by atoms with Crippen molar-refractivity contribution in [3.8, 4) is 0 Å². The largest absolute Gasteiger partial charge is 0.374 e. The molecule has 0 spiro atoms. The van der Waals surface area contributed by atoms with E-state index in [0.717, 1.165) is 17.2 Å². The zero-order chi connectivity index (χ0) is 10.3. The predicted octanol–water partition coefficient (Wildman–Crippen LogP) is 1.42. The van der Waals surface area contributed by atoms with Crippen molar-refractivity contribution < 1.29 is 0 Å². The fourth-order valence-electron chi connectivity index (χ4n) is 1.35. The number of thiophene rings is 1. The number of aromatic nitrogens is 4. The summed E-state index contributed by atoms with van der Waals surface area (Å²) in [5, 5.41) is 14.8. The minimum Gasteiger partial charge on any atom is -0.374 e. The number of nitrogens with zero attached hydrogens (tertiary/aromatic N) is 4. The van der Waals surface area contributed by atoms with E-state index in [2.05, 4.69) is 21.4 Å². The Kier molecular flexibility index (Phi) is 1.93. The van der Waals surface area contributed by atoms with Crippen LogP contribution in [0.2, 0.25) is 0 Å². The molecule has 0 atom stereocenters. The van der Waals surface area contributed by atoms with Gasteiger partial charge in [0, 0.05) is 11.3 Å². The van der Waals surface area contributed by atoms with Gasteiger partial charge in [0.05, 0.1) is 0 Å². The molecule has 7 heteroatoms. The molecule has 0 amide bonds. The lowest BCUT2D eigenvalue weighted by atomic mass is 10.3. The van der Waals surface area contributed by atoms with Gasteiger partial charge in [-0.3, -0.25) is 0 Å². The molecule has 5 nitrogen and oxygen atoms in total. The average molecular weight is 237 g/mol. The highest BCUT2D eigenvalue weighted by atomic mass is 32.1. The molecule has 0 aliphatic rings. The van der Waals surface area contributed by atoms with Gasteiger partial charge in [0.25, 0.3) is 0 Å². The third kappa shape index (κ3) is 1.49. The summed E-state index contributed by atoms with van der Waals surface area (Å²) in [7, 11) is 0. The van der Waals surface area contributed by atoms with Crippen LogP contribution >= 0.6 is 22.7 Å². The van der Waals surface area contributed by atoms with Gasteiger partial charge in [-0.15, -0.1) is 26.6 Å². The fraction of sp³-hybridized carbons (Fsp3) is 0.125. The van der Waals surface area contributed by atoms with Crippen molar-refractivity contribution in [2.75, 3.05) is 5.73 Å². The highest BCUT2D eigenvalue weighted by molar-refractivity contribution is 7.20. The van der Waals surface area contributed by atoms with E-state index in [4.69, 9.17) is 5.73 Å². The Labute approximate surface area is 93.2 Å². The maximum Gasteiger partial charge on any atom is 0.236 e. The third-order valence-electron chi connectivity index (χ3n) is 1.98. The maximum absolute atomic E-state index is 5.60. The third-order valence-corrected chi connectivity index (χ3v) is 3.59. The molecule has 0 unspecified atom stereocenters. The average Bonchev–Trinajstić information content (AvgIpc) is 2.85. The van der Waals surface area contributed by atoms with E-state index >= 15 is 0 Å². The van der Waals surface area contributed by atoms with Gasteiger partial charge in [0.15, 0.2) is 5.82 Å². The van der Waals surface area contributed by atoms with Crippen LogP contribution in [-0.2, 0) is 6.42 Å². The van der Waals surface area contributed by atoms with Crippen molar-refractivity contribution in [3.05, 3.63) is 28.2 Å². The summed E-state index contributed by atoms with van der Waals surface area (Å²) in [5.41, 5.74) is 5.60. The quantitative estimate of drug-likeness (QED) is 0.732. The number of rotatable bonds is 2. The molecule has 15 heavy (non-hydrogen) atoms. The molecular formula is C8H7N5S2. The van der Waals surface area contributed by atoms with Crippen molar-refractivity contribution in [2.24, 2.45) is 0 Å². The van der Waals surface area contributed by atoms with Crippen molar-refractivity contribution in [1.82, 2.24) is 19.8 Å². The molecule has 3 rings (SSSR count). The number of hydrogen-bond acceptors (Lipinski definition) is 6. The van der Waals surface area contributed by atoms with E-state index in [-0.39, 0.29) is 0 Å². The number of fused-ring (bicyclic) bond motifs is 1. The molecule has 0 aliphatic heterocycles. The van der Waals surface area contributed by atoms with Crippen molar-refractivity contribution in [3.63, 3.8) is 0 Å². The molecule has 76 valence electrons. The molecule has 3 aromatic heterocycles. The first-order chi connectivity index (χ1) is 7.33. The second-order valence-corrected chi connectivity index (χ2v) is 5.03. The van der Waals surface area contributed by atoms with Crippen LogP contribution < -0.4 is 5.73 Å². The molecule has 0 radical (unpaired) electrons. The topological polar surface area (TPSA) is 69.1 Å². The van der Waals surface area contributed by atoms with Crippen molar-refractivity contribution in [1.29, 1.82) is 0 Å². The Balaban J connectivity index is 2.03. The maximum atomic E-state index is 5.60. The fourth-order valence-corrected chi connectivity index (χ4v) is 2.68. The van der Waals surface area contributed by atoms with Crippen molar-refractivity contribution in [2.45, 2.75) is 6.42 Å². The van der Waals surface area contributed by atoms with Crippen LogP contribution in [0.5, 0.6) is 0 Å². The first-order valence-corrected chi connectivity index (χ1v) is 6.01. The number of nitrogen functional groups attached to an aromatic ring is 1. The minimum atomic E-state index is 0.521. The zero-order valence-electron chi connectivity index (χ0n) is 7.62. The summed E-state index contributed by atoms with van der Waals surface area (Å²) in [4.78, 5) is 2.00. The van der Waals surface area contributed by atoms with E-state index in [1.54, 1.807) is 15.9 Å². The second kappa shape index (κ2) is 3.28. The van der Waals surface area contributed by atoms with Crippen LogP contribution in [0.1, 0.15) is 10.7 Å². The normalized spacial score (nSPS) is 11.2. The number of anilines is 1. The molecule has 0 fully saturated rings. The Morgan fingerprint density at radius 1 is 1.40 bits per heavy atom. The van der Waals surface area contributed by atoms with Gasteiger partial charge < -0.3 is 5.73 Å². The molecule has 3 heterocycles. The van der Waals surface area contributed by atoms with E-state index in [9.17, 15) is 0 Å². The van der Waals surface area contributed by atoms with Gasteiger partial charge >= 0.3 is 0 Å². The summed E-state index contributed by atoms with van der Waals surface area (Å²) in [6.07, 6.45) is 0.752. The molecule has 0 bridgehead atoms. The first-order valence-electron chi connectivity index (χ1n) is 4.32. The highest BCUT2D eigenvalue weighted by Crippen LogP contribution is 2.18. The van der Waals surface area contributed by atoms with Crippen molar-refractivity contribution >= 4 is 32.8 Å². The molecule has 0 saturated heterocycles. The second-order valence-electron chi connectivity index (χ2n) is 3.01. The lowest BCUT2D eigenvalue weighted by Crippen LogP contribution is -1.96. The molecule has 0 aliphatic carbocycles. The Hall–Kier alpha value is -1.47. The van der Waals surface area contributed by atoms with Crippen LogP contribution in [0.15, 0.2) is 17.5 Å². The van der Waals surface area contributed by atoms with Gasteiger partial charge in [0.1, 0.15) is 0 Å². The van der Waals surface area contributed by atoms with Crippen LogP contribution in [0.3, 0.4) is 0 Å². The molecule has 0 saturated carbocycles. The van der Waals surface area contributed by atoms with Crippen LogP contribution in [-0.4, -0.2) is 19.8 Å². The van der Waals surface area contributed by atoms with Gasteiger partial charge in [-0.05, 0) is 11.4 Å². The Morgan fingerprint density at radius 2 is 2.33 bits per heavy atom. The Morgan fingerprint density at radius 3 is 3.13 bits per heavy atom. The highest BCUT2D eigenvalue weighted by Gasteiger charge is 2.10. The van der Waals surface area contributed by atoms with Crippen LogP contribution in [0.4, 0.5) is 5.13 Å². The minimum absolute atomic E-state index is 0.521. The molecule has 3 aromatic rings. The zero-order valence-corrected chi connectivity index (χ0v) is 9.25. The number of nitrogens with two attached hydrogens (primary N) is 1. The lowest BCUT2D eigenvalue weighted by molar-refractivity contribution is 0.861. The molecule has 2 N–H and O–H groups in total. The van der Waals surface area contributed by atoms with E-state index < -0.39 is 0 Å². The SMILES string of the molecule is Nc1nn2c(Cc3cccs3)nnc2s1. The van der Waals surface area contributed by atoms with Crippen LogP contribution in [0.25, 0.3) is 4.96 Å². The van der Waals surface area contributed by atoms with E-state index in [0.29, 0.717) is 5.13 Å². The lowest BCUT2D eigenvalue weighted by Gasteiger charge is -1.91. The summed E-state index contributed by atoms with van der Waals surface area (Å²) in [6.45, 7) is 0. The van der Waals surface area contributed by atoms with Gasteiger partial charge in [0.2, 0.25) is 10.1 Å². The summed E-state index contributed by atoms with van der Waals surface area (Å²) in [5.74, 6) is 0.834. The van der Waals surface area contributed by atoms with Gasteiger partial charge in [-0.1, -0.05) is 17.4 Å². The van der Waals surface area contributed by atoms with Gasteiger partial charge in [-0.25, -0.2) is 0 Å². The smallest absolute Gasteiger partial charge is 0.236 e. The molecular weight excluding hydrogens is 230 g/mol. The monoisotopic (exact) mass is 237 g/mol. The summed E-state index contributed by atoms with van der Waals surface area (Å²) in [6, 6.07) is 4.09. The Bertz CT molecular complexity index is 579. The van der Waals surface area contributed by atoms with E-state index in [1.165, 1.54) is 16.2 Å². The molecule has 0 aromatic carbocycles. The summed E-state index contributed by atoms with van der Waals surface area (Å²) < 4.78 is 1.71.